The van der Waals surface area contributed by atoms with Crippen LogP contribution in [0.2, 0.25) is 0 Å². The third-order valence-electron chi connectivity index (χ3n) is 4.68. The van der Waals surface area contributed by atoms with Gasteiger partial charge in [0.1, 0.15) is 0 Å². The summed E-state index contributed by atoms with van der Waals surface area (Å²) in [6, 6.07) is 1.51. The van der Waals surface area contributed by atoms with Crippen molar-refractivity contribution in [2.75, 3.05) is 32.8 Å². The van der Waals surface area contributed by atoms with Gasteiger partial charge in [0.05, 0.1) is 6.61 Å². The SMILES string of the molecule is CCCNC(CN(CCC(C)C)C1CC1)C1CCOC1. The van der Waals surface area contributed by atoms with Crippen LogP contribution in [0.15, 0.2) is 0 Å². The van der Waals surface area contributed by atoms with Crippen molar-refractivity contribution in [3.8, 4) is 0 Å². The summed E-state index contributed by atoms with van der Waals surface area (Å²) in [4.78, 5) is 2.76. The largest absolute Gasteiger partial charge is 0.381 e. The molecule has 0 aromatic rings. The highest BCUT2D eigenvalue weighted by Crippen LogP contribution is 2.29. The van der Waals surface area contributed by atoms with Crippen LogP contribution >= 0.6 is 0 Å². The molecule has 2 rings (SSSR count). The minimum absolute atomic E-state index is 0.630. The van der Waals surface area contributed by atoms with Gasteiger partial charge in [-0.3, -0.25) is 4.90 Å². The van der Waals surface area contributed by atoms with E-state index in [9.17, 15) is 0 Å². The molecule has 0 amide bonds. The summed E-state index contributed by atoms with van der Waals surface area (Å²) >= 11 is 0. The van der Waals surface area contributed by atoms with Crippen molar-refractivity contribution in [1.29, 1.82) is 0 Å². The Labute approximate surface area is 125 Å². The van der Waals surface area contributed by atoms with E-state index in [4.69, 9.17) is 4.74 Å². The Morgan fingerprint density at radius 1 is 1.25 bits per heavy atom. The topological polar surface area (TPSA) is 24.5 Å². The summed E-state index contributed by atoms with van der Waals surface area (Å²) in [5.41, 5.74) is 0. The second kappa shape index (κ2) is 8.35. The Hall–Kier alpha value is -0.120. The first-order valence-corrected chi connectivity index (χ1v) is 8.75. The highest BCUT2D eigenvalue weighted by molar-refractivity contribution is 4.90. The molecule has 1 saturated heterocycles. The maximum atomic E-state index is 5.62. The Morgan fingerprint density at radius 2 is 2.05 bits per heavy atom. The molecule has 118 valence electrons. The molecular formula is C17H34N2O. The molecule has 1 aliphatic carbocycles. The molecule has 20 heavy (non-hydrogen) atoms. The minimum Gasteiger partial charge on any atom is -0.381 e. The van der Waals surface area contributed by atoms with E-state index in [1.54, 1.807) is 0 Å². The summed E-state index contributed by atoms with van der Waals surface area (Å²) in [6.45, 7) is 12.5. The van der Waals surface area contributed by atoms with E-state index in [2.05, 4.69) is 31.0 Å². The van der Waals surface area contributed by atoms with E-state index in [0.29, 0.717) is 6.04 Å². The average molecular weight is 282 g/mol. The third-order valence-corrected chi connectivity index (χ3v) is 4.68. The predicted octanol–water partition coefficient (Wildman–Crippen LogP) is 2.90. The van der Waals surface area contributed by atoms with E-state index in [1.165, 1.54) is 45.2 Å². The van der Waals surface area contributed by atoms with E-state index in [-0.39, 0.29) is 0 Å². The van der Waals surface area contributed by atoms with Gasteiger partial charge in [-0.25, -0.2) is 0 Å². The van der Waals surface area contributed by atoms with Gasteiger partial charge in [0.25, 0.3) is 0 Å². The molecule has 2 fully saturated rings. The molecule has 3 nitrogen and oxygen atoms in total. The van der Waals surface area contributed by atoms with E-state index >= 15 is 0 Å². The first-order chi connectivity index (χ1) is 9.70. The lowest BCUT2D eigenvalue weighted by Crippen LogP contribution is -2.47. The summed E-state index contributed by atoms with van der Waals surface area (Å²) < 4.78 is 5.62. The minimum atomic E-state index is 0.630. The number of hydrogen-bond donors (Lipinski definition) is 1. The van der Waals surface area contributed by atoms with Crippen LogP contribution in [0.25, 0.3) is 0 Å². The van der Waals surface area contributed by atoms with Crippen LogP contribution in [-0.2, 0) is 4.74 Å². The fourth-order valence-electron chi connectivity index (χ4n) is 3.12. The number of nitrogens with zero attached hydrogens (tertiary/aromatic N) is 1. The highest BCUT2D eigenvalue weighted by Gasteiger charge is 2.33. The molecule has 0 spiro atoms. The normalized spacial score (nSPS) is 24.8. The Kier molecular flexibility index (Phi) is 6.79. The number of rotatable bonds is 10. The fraction of sp³-hybridized carbons (Fsp3) is 1.00. The van der Waals surface area contributed by atoms with Gasteiger partial charge in [-0.1, -0.05) is 20.8 Å². The maximum absolute atomic E-state index is 5.62. The lowest BCUT2D eigenvalue weighted by Gasteiger charge is -2.31. The van der Waals surface area contributed by atoms with Gasteiger partial charge in [-0.2, -0.15) is 0 Å². The number of ether oxygens (including phenoxy) is 1. The van der Waals surface area contributed by atoms with E-state index in [0.717, 1.165) is 37.6 Å². The second-order valence-electron chi connectivity index (χ2n) is 7.09. The maximum Gasteiger partial charge on any atom is 0.0510 e. The monoisotopic (exact) mass is 282 g/mol. The Balaban J connectivity index is 1.85. The zero-order valence-corrected chi connectivity index (χ0v) is 13.7. The molecule has 1 heterocycles. The summed E-state index contributed by atoms with van der Waals surface area (Å²) in [7, 11) is 0. The Bertz CT molecular complexity index is 260. The van der Waals surface area contributed by atoms with E-state index < -0.39 is 0 Å². The summed E-state index contributed by atoms with van der Waals surface area (Å²) in [5, 5.41) is 3.79. The first-order valence-electron chi connectivity index (χ1n) is 8.75. The van der Waals surface area contributed by atoms with Gasteiger partial charge >= 0.3 is 0 Å². The van der Waals surface area contributed by atoms with E-state index in [1.807, 2.05) is 0 Å². The molecule has 2 aliphatic rings. The fourth-order valence-corrected chi connectivity index (χ4v) is 3.12. The lowest BCUT2D eigenvalue weighted by molar-refractivity contribution is 0.155. The van der Waals surface area contributed by atoms with Gasteiger partial charge in [-0.05, 0) is 51.1 Å². The lowest BCUT2D eigenvalue weighted by atomic mass is 9.97. The smallest absolute Gasteiger partial charge is 0.0510 e. The molecule has 3 heteroatoms. The van der Waals surface area contributed by atoms with Crippen molar-refractivity contribution in [3.63, 3.8) is 0 Å². The zero-order valence-electron chi connectivity index (χ0n) is 13.7. The molecule has 2 atom stereocenters. The van der Waals surface area contributed by atoms with Crippen molar-refractivity contribution >= 4 is 0 Å². The van der Waals surface area contributed by atoms with Gasteiger partial charge in [-0.15, -0.1) is 0 Å². The number of hydrogen-bond acceptors (Lipinski definition) is 3. The molecule has 1 N–H and O–H groups in total. The van der Waals surface area contributed by atoms with Crippen LogP contribution in [0.3, 0.4) is 0 Å². The Morgan fingerprint density at radius 3 is 2.60 bits per heavy atom. The summed E-state index contributed by atoms with van der Waals surface area (Å²) in [6.07, 6.45) is 6.63. The molecule has 0 aromatic heterocycles. The molecule has 0 bridgehead atoms. The zero-order chi connectivity index (χ0) is 14.4. The standard InChI is InChI=1S/C17H34N2O/c1-4-9-18-17(15-8-11-20-13-15)12-19(16-5-6-16)10-7-14(2)3/h14-18H,4-13H2,1-3H3. The van der Waals surface area contributed by atoms with Crippen molar-refractivity contribution < 1.29 is 4.74 Å². The molecule has 2 unspecified atom stereocenters. The first kappa shape index (κ1) is 16.3. The number of nitrogens with one attached hydrogen (secondary N) is 1. The molecule has 0 aromatic carbocycles. The van der Waals surface area contributed by atoms with Crippen molar-refractivity contribution in [2.45, 2.75) is 65.0 Å². The van der Waals surface area contributed by atoms with Crippen LogP contribution in [0.5, 0.6) is 0 Å². The third kappa shape index (κ3) is 5.34. The summed E-state index contributed by atoms with van der Waals surface area (Å²) in [5.74, 6) is 1.54. The average Bonchev–Trinajstić information content (AvgIpc) is 3.12. The quantitative estimate of drug-likeness (QED) is 0.667. The van der Waals surface area contributed by atoms with Crippen LogP contribution in [0.1, 0.15) is 52.9 Å². The molecular weight excluding hydrogens is 248 g/mol. The van der Waals surface area contributed by atoms with Crippen molar-refractivity contribution in [2.24, 2.45) is 11.8 Å². The second-order valence-corrected chi connectivity index (χ2v) is 7.09. The van der Waals surface area contributed by atoms with Crippen LogP contribution < -0.4 is 5.32 Å². The highest BCUT2D eigenvalue weighted by atomic mass is 16.5. The van der Waals surface area contributed by atoms with Gasteiger partial charge in [0.15, 0.2) is 0 Å². The predicted molar refractivity (Wildman–Crippen MR) is 85.1 cm³/mol. The van der Waals surface area contributed by atoms with Crippen molar-refractivity contribution in [1.82, 2.24) is 10.2 Å². The van der Waals surface area contributed by atoms with Crippen LogP contribution in [0.4, 0.5) is 0 Å². The van der Waals surface area contributed by atoms with Crippen molar-refractivity contribution in [3.05, 3.63) is 0 Å². The van der Waals surface area contributed by atoms with Crippen LogP contribution in [-0.4, -0.2) is 49.8 Å². The van der Waals surface area contributed by atoms with Gasteiger partial charge in [0.2, 0.25) is 0 Å². The molecule has 0 radical (unpaired) electrons. The van der Waals surface area contributed by atoms with Gasteiger partial charge in [0, 0.05) is 31.2 Å². The van der Waals surface area contributed by atoms with Gasteiger partial charge < -0.3 is 10.1 Å². The molecule has 1 aliphatic heterocycles. The van der Waals surface area contributed by atoms with Crippen LogP contribution in [0, 0.1) is 11.8 Å². The molecule has 1 saturated carbocycles.